The number of phenols is 1. The highest BCUT2D eigenvalue weighted by molar-refractivity contribution is 8.14. The fourth-order valence-electron chi connectivity index (χ4n) is 2.91. The number of ether oxygens (including phenoxy) is 1. The smallest absolute Gasteiger partial charge is 0.302 e. The molecule has 0 saturated carbocycles. The van der Waals surface area contributed by atoms with Crippen molar-refractivity contribution in [3.63, 3.8) is 0 Å². The van der Waals surface area contributed by atoms with Gasteiger partial charge in [-0.25, -0.2) is 4.98 Å². The van der Waals surface area contributed by atoms with Gasteiger partial charge in [0.15, 0.2) is 0 Å². The van der Waals surface area contributed by atoms with Gasteiger partial charge in [-0.05, 0) is 37.6 Å². The van der Waals surface area contributed by atoms with Gasteiger partial charge in [-0.15, -0.1) is 0 Å². The normalized spacial score (nSPS) is 14.2. The average molecular weight is 388 g/mol. The Morgan fingerprint density at radius 2 is 1.96 bits per heavy atom. The molecule has 0 aliphatic carbocycles. The number of aryl methyl sites for hydroxylation is 2. The summed E-state index contributed by atoms with van der Waals surface area (Å²) in [5.74, 6) is 0.730. The second-order valence-corrected chi connectivity index (χ2v) is 7.17. The van der Waals surface area contributed by atoms with Crippen molar-refractivity contribution in [3.8, 4) is 11.6 Å². The van der Waals surface area contributed by atoms with Gasteiger partial charge in [-0.1, -0.05) is 6.07 Å². The molecule has 27 heavy (non-hydrogen) atoms. The summed E-state index contributed by atoms with van der Waals surface area (Å²) < 4.78 is 8.36. The average Bonchev–Trinajstić information content (AvgIpc) is 2.68. The number of rotatable bonds is 4. The van der Waals surface area contributed by atoms with Gasteiger partial charge in [0.1, 0.15) is 11.4 Å². The number of phenolic OH excluding ortho intramolecular Hbond substituents is 1. The highest BCUT2D eigenvalue weighted by atomic mass is 32.2. The summed E-state index contributed by atoms with van der Waals surface area (Å²) in [7, 11) is 1.56. The van der Waals surface area contributed by atoms with Crippen molar-refractivity contribution < 1.29 is 14.6 Å². The third-order valence-corrected chi connectivity index (χ3v) is 5.36. The lowest BCUT2D eigenvalue weighted by atomic mass is 10.2. The minimum atomic E-state index is -0.0363. The maximum Gasteiger partial charge on any atom is 0.302 e. The van der Waals surface area contributed by atoms with Gasteiger partial charge in [0.2, 0.25) is 5.88 Å². The first-order chi connectivity index (χ1) is 13.0. The van der Waals surface area contributed by atoms with Gasteiger partial charge >= 0.3 is 5.24 Å². The molecule has 3 rings (SSSR count). The SMILES string of the molecule is COc1nc(C)c(C)cc1NSC(=O)N1CCN(c2cccc(O)c2)CC1. The van der Waals surface area contributed by atoms with Crippen LogP contribution in [0.3, 0.4) is 0 Å². The highest BCUT2D eigenvalue weighted by Gasteiger charge is 2.22. The molecule has 1 aliphatic rings. The number of carbonyl (C=O) groups is 1. The van der Waals surface area contributed by atoms with Crippen LogP contribution in [0, 0.1) is 13.8 Å². The molecule has 1 saturated heterocycles. The largest absolute Gasteiger partial charge is 0.508 e. The molecule has 1 aromatic carbocycles. The van der Waals surface area contributed by atoms with E-state index >= 15 is 0 Å². The molecule has 0 unspecified atom stereocenters. The van der Waals surface area contributed by atoms with Gasteiger partial charge < -0.3 is 24.4 Å². The minimum absolute atomic E-state index is 0.0363. The second kappa shape index (κ2) is 8.39. The third kappa shape index (κ3) is 4.57. The fourth-order valence-corrected chi connectivity index (χ4v) is 3.57. The number of benzene rings is 1. The summed E-state index contributed by atoms with van der Waals surface area (Å²) in [5.41, 5.74) is 3.60. The lowest BCUT2D eigenvalue weighted by molar-refractivity contribution is 0.219. The number of aromatic hydroxyl groups is 1. The molecule has 2 N–H and O–H groups in total. The van der Waals surface area contributed by atoms with Crippen LogP contribution in [0.2, 0.25) is 0 Å². The van der Waals surface area contributed by atoms with Crippen LogP contribution in [0.4, 0.5) is 16.2 Å². The number of anilines is 2. The summed E-state index contributed by atoms with van der Waals surface area (Å²) in [6, 6.07) is 9.12. The number of amides is 1. The van der Waals surface area contributed by atoms with Crippen molar-refractivity contribution in [1.82, 2.24) is 9.88 Å². The number of hydrogen-bond donors (Lipinski definition) is 2. The van der Waals surface area contributed by atoms with Gasteiger partial charge in [0, 0.05) is 55.6 Å². The maximum atomic E-state index is 12.5. The molecule has 1 aromatic heterocycles. The van der Waals surface area contributed by atoms with Crippen LogP contribution in [0.1, 0.15) is 11.3 Å². The lowest BCUT2D eigenvalue weighted by Crippen LogP contribution is -2.47. The van der Waals surface area contributed by atoms with Crippen LogP contribution in [0.25, 0.3) is 0 Å². The van der Waals surface area contributed by atoms with Crippen LogP contribution in [-0.4, -0.2) is 53.5 Å². The highest BCUT2D eigenvalue weighted by Crippen LogP contribution is 2.28. The van der Waals surface area contributed by atoms with Gasteiger partial charge in [0.25, 0.3) is 0 Å². The first-order valence-electron chi connectivity index (χ1n) is 8.76. The monoisotopic (exact) mass is 388 g/mol. The second-order valence-electron chi connectivity index (χ2n) is 6.41. The molecule has 2 aromatic rings. The molecular formula is C19H24N4O3S. The van der Waals surface area contributed by atoms with E-state index in [1.807, 2.05) is 36.9 Å². The van der Waals surface area contributed by atoms with Crippen molar-refractivity contribution in [2.75, 3.05) is 42.9 Å². The number of pyridine rings is 1. The zero-order chi connectivity index (χ0) is 19.4. The predicted molar refractivity (Wildman–Crippen MR) is 109 cm³/mol. The molecule has 0 bridgehead atoms. The summed E-state index contributed by atoms with van der Waals surface area (Å²) >= 11 is 1.04. The molecule has 1 aliphatic heterocycles. The molecule has 144 valence electrons. The first-order valence-corrected chi connectivity index (χ1v) is 9.57. The number of carbonyl (C=O) groups excluding carboxylic acids is 1. The van der Waals surface area contributed by atoms with E-state index in [2.05, 4.69) is 14.6 Å². The van der Waals surface area contributed by atoms with E-state index in [4.69, 9.17) is 4.74 Å². The van der Waals surface area contributed by atoms with E-state index in [0.717, 1.165) is 42.0 Å². The molecule has 1 amide bonds. The molecule has 0 atom stereocenters. The number of nitrogens with zero attached hydrogens (tertiary/aromatic N) is 3. The van der Waals surface area contributed by atoms with Gasteiger partial charge in [-0.3, -0.25) is 4.79 Å². The molecule has 0 radical (unpaired) electrons. The number of methoxy groups -OCH3 is 1. The Kier molecular flexibility index (Phi) is 5.95. The molecule has 8 heteroatoms. The summed E-state index contributed by atoms with van der Waals surface area (Å²) in [5, 5.41) is 9.59. The molecule has 7 nitrogen and oxygen atoms in total. The van der Waals surface area contributed by atoms with Crippen molar-refractivity contribution in [3.05, 3.63) is 41.6 Å². The third-order valence-electron chi connectivity index (χ3n) is 4.61. The van der Waals surface area contributed by atoms with Crippen molar-refractivity contribution >= 4 is 28.6 Å². The fraction of sp³-hybridized carbons (Fsp3) is 0.368. The van der Waals surface area contributed by atoms with E-state index in [0.29, 0.717) is 24.7 Å². The van der Waals surface area contributed by atoms with E-state index in [9.17, 15) is 9.90 Å². The lowest BCUT2D eigenvalue weighted by Gasteiger charge is -2.35. The summed E-state index contributed by atoms with van der Waals surface area (Å²) in [4.78, 5) is 20.9. The van der Waals surface area contributed by atoms with Gasteiger partial charge in [0.05, 0.1) is 7.11 Å². The molecule has 0 spiro atoms. The van der Waals surface area contributed by atoms with Crippen LogP contribution in [0.5, 0.6) is 11.6 Å². The molecule has 2 heterocycles. The van der Waals surface area contributed by atoms with Crippen LogP contribution < -0.4 is 14.4 Å². The van der Waals surface area contributed by atoms with E-state index in [-0.39, 0.29) is 11.0 Å². The Morgan fingerprint density at radius 3 is 2.63 bits per heavy atom. The standard InChI is InChI=1S/C19H24N4O3S/c1-13-11-17(18(26-3)20-14(13)2)21-27-19(25)23-9-7-22(8-10-23)15-5-4-6-16(24)12-15/h4-6,11-12,21,24H,7-10H2,1-3H3. The van der Waals surface area contributed by atoms with Crippen molar-refractivity contribution in [2.24, 2.45) is 0 Å². The van der Waals surface area contributed by atoms with E-state index in [1.54, 1.807) is 19.2 Å². The van der Waals surface area contributed by atoms with E-state index in [1.165, 1.54) is 0 Å². The minimum Gasteiger partial charge on any atom is -0.508 e. The van der Waals surface area contributed by atoms with Crippen LogP contribution in [-0.2, 0) is 0 Å². The molecular weight excluding hydrogens is 364 g/mol. The predicted octanol–water partition coefficient (Wildman–Crippen LogP) is 3.41. The maximum absolute atomic E-state index is 12.5. The Hall–Kier alpha value is -2.61. The zero-order valence-corrected chi connectivity index (χ0v) is 16.5. The number of piperazine rings is 1. The Labute approximate surface area is 163 Å². The zero-order valence-electron chi connectivity index (χ0n) is 15.7. The Morgan fingerprint density at radius 1 is 1.22 bits per heavy atom. The summed E-state index contributed by atoms with van der Waals surface area (Å²) in [6.07, 6.45) is 0. The first kappa shape index (κ1) is 19.2. The molecule has 1 fully saturated rings. The quantitative estimate of drug-likeness (QED) is 0.777. The number of hydrogen-bond acceptors (Lipinski definition) is 7. The van der Waals surface area contributed by atoms with Crippen LogP contribution in [0.15, 0.2) is 30.3 Å². The van der Waals surface area contributed by atoms with E-state index < -0.39 is 0 Å². The van der Waals surface area contributed by atoms with Gasteiger partial charge in [-0.2, -0.15) is 0 Å². The topological polar surface area (TPSA) is 77.9 Å². The Balaban J connectivity index is 1.55. The summed E-state index contributed by atoms with van der Waals surface area (Å²) in [6.45, 7) is 6.61. The van der Waals surface area contributed by atoms with Crippen LogP contribution >= 0.6 is 11.9 Å². The van der Waals surface area contributed by atoms with Crippen molar-refractivity contribution in [1.29, 1.82) is 0 Å². The number of aromatic nitrogens is 1. The Bertz CT molecular complexity index is 823. The number of nitrogens with one attached hydrogen (secondary N) is 1. The van der Waals surface area contributed by atoms with Crippen molar-refractivity contribution in [2.45, 2.75) is 13.8 Å².